The summed E-state index contributed by atoms with van der Waals surface area (Å²) < 4.78 is 0.817. The average molecular weight is 199 g/mol. The van der Waals surface area contributed by atoms with Gasteiger partial charge < -0.3 is 9.80 Å². The molecule has 0 heterocycles. The minimum Gasteiger partial charge on any atom is -0.311 e. The van der Waals surface area contributed by atoms with Gasteiger partial charge in [0.05, 0.1) is 20.6 Å². The van der Waals surface area contributed by atoms with Crippen molar-refractivity contribution in [3.05, 3.63) is 12.7 Å². The molecule has 1 amide bonds. The van der Waals surface area contributed by atoms with E-state index in [0.29, 0.717) is 12.6 Å². The molecular formula is C11H23N2O+. The van der Waals surface area contributed by atoms with E-state index in [2.05, 4.69) is 39.8 Å². The lowest BCUT2D eigenvalue weighted by molar-refractivity contribution is -0.892. The number of hydrogen-bond donors (Lipinski definition) is 1. The third kappa shape index (κ3) is 6.66. The van der Waals surface area contributed by atoms with Gasteiger partial charge in [-0.1, -0.05) is 20.4 Å². The summed E-state index contributed by atoms with van der Waals surface area (Å²) in [5, 5.41) is 2.81. The van der Waals surface area contributed by atoms with Gasteiger partial charge in [0, 0.05) is 0 Å². The molecule has 0 aromatic carbocycles. The van der Waals surface area contributed by atoms with Gasteiger partial charge in [-0.25, -0.2) is 0 Å². The quantitative estimate of drug-likeness (QED) is 0.391. The normalized spacial score (nSPS) is 11.5. The zero-order chi connectivity index (χ0) is 11.2. The molecule has 0 radical (unpaired) electrons. The highest BCUT2D eigenvalue weighted by Gasteiger charge is 2.15. The molecule has 0 rings (SSSR count). The van der Waals surface area contributed by atoms with Crippen LogP contribution < -0.4 is 5.32 Å². The number of hydrogen-bond acceptors (Lipinski definition) is 1. The Morgan fingerprint density at radius 2 is 2.07 bits per heavy atom. The Hall–Kier alpha value is -0.830. The summed E-state index contributed by atoms with van der Waals surface area (Å²) in [6.07, 6.45) is 2.49. The number of rotatable bonds is 6. The maximum Gasteiger partial charge on any atom is 0.247 e. The van der Waals surface area contributed by atoms with Crippen molar-refractivity contribution in [2.24, 2.45) is 5.92 Å². The summed E-state index contributed by atoms with van der Waals surface area (Å²) in [6, 6.07) is 0. The third-order valence-electron chi connectivity index (χ3n) is 2.18. The molecule has 3 heteroatoms. The van der Waals surface area contributed by atoms with Crippen LogP contribution in [0.2, 0.25) is 0 Å². The second kappa shape index (κ2) is 5.81. The Kier molecular flexibility index (Phi) is 5.46. The predicted molar refractivity (Wildman–Crippen MR) is 59.6 cm³/mol. The minimum absolute atomic E-state index is 0.0965. The number of nitrogens with zero attached hydrogens (tertiary/aromatic N) is 1. The van der Waals surface area contributed by atoms with Gasteiger partial charge in [0.25, 0.3) is 0 Å². The van der Waals surface area contributed by atoms with Gasteiger partial charge in [-0.2, -0.15) is 0 Å². The molecule has 0 fully saturated rings. The van der Waals surface area contributed by atoms with Gasteiger partial charge in [0.15, 0.2) is 6.67 Å². The van der Waals surface area contributed by atoms with Gasteiger partial charge in [0.2, 0.25) is 5.91 Å². The fraction of sp³-hybridized carbons (Fsp3) is 0.727. The molecule has 0 unspecified atom stereocenters. The van der Waals surface area contributed by atoms with Crippen LogP contribution in [0.5, 0.6) is 0 Å². The lowest BCUT2D eigenvalue weighted by Crippen LogP contribution is -2.48. The smallest absolute Gasteiger partial charge is 0.247 e. The number of quaternary nitrogens is 1. The highest BCUT2D eigenvalue weighted by Crippen LogP contribution is 2.04. The van der Waals surface area contributed by atoms with E-state index in [9.17, 15) is 4.79 Å². The first-order chi connectivity index (χ1) is 6.37. The largest absolute Gasteiger partial charge is 0.311 e. The zero-order valence-electron chi connectivity index (χ0n) is 9.84. The highest BCUT2D eigenvalue weighted by molar-refractivity contribution is 5.86. The van der Waals surface area contributed by atoms with Crippen LogP contribution in [0.1, 0.15) is 20.3 Å². The molecule has 82 valence electrons. The van der Waals surface area contributed by atoms with Crippen molar-refractivity contribution >= 4 is 5.91 Å². The van der Waals surface area contributed by atoms with Crippen LogP contribution in [-0.2, 0) is 4.79 Å². The van der Waals surface area contributed by atoms with E-state index in [1.807, 2.05) is 0 Å². The van der Waals surface area contributed by atoms with Crippen LogP contribution in [0.15, 0.2) is 12.7 Å². The van der Waals surface area contributed by atoms with E-state index < -0.39 is 0 Å². The molecule has 0 saturated heterocycles. The van der Waals surface area contributed by atoms with Crippen molar-refractivity contribution in [3.63, 3.8) is 0 Å². The number of carbonyl (C=O) groups excluding carboxylic acids is 1. The maximum atomic E-state index is 11.0. The van der Waals surface area contributed by atoms with Crippen LogP contribution in [-0.4, -0.2) is 37.7 Å². The van der Waals surface area contributed by atoms with Gasteiger partial charge >= 0.3 is 0 Å². The maximum absolute atomic E-state index is 11.0. The fourth-order valence-electron chi connectivity index (χ4n) is 1.05. The van der Waals surface area contributed by atoms with Gasteiger partial charge in [0.1, 0.15) is 0 Å². The first-order valence-corrected chi connectivity index (χ1v) is 5.09. The minimum atomic E-state index is -0.0965. The number of carbonyl (C=O) groups is 1. The Labute approximate surface area is 87.4 Å². The molecule has 0 aliphatic carbocycles. The van der Waals surface area contributed by atoms with E-state index in [0.717, 1.165) is 11.0 Å². The third-order valence-corrected chi connectivity index (χ3v) is 2.18. The van der Waals surface area contributed by atoms with Crippen molar-refractivity contribution < 1.29 is 9.28 Å². The van der Waals surface area contributed by atoms with Crippen molar-refractivity contribution in [3.8, 4) is 0 Å². The molecule has 0 aliphatic heterocycles. The summed E-state index contributed by atoms with van der Waals surface area (Å²) in [5.41, 5.74) is 0. The van der Waals surface area contributed by atoms with Crippen LogP contribution in [0.3, 0.4) is 0 Å². The first-order valence-electron chi connectivity index (χ1n) is 5.09. The van der Waals surface area contributed by atoms with Gasteiger partial charge in [-0.05, 0) is 18.4 Å². The topological polar surface area (TPSA) is 29.1 Å². The van der Waals surface area contributed by atoms with E-state index in [-0.39, 0.29) is 5.91 Å². The summed E-state index contributed by atoms with van der Waals surface area (Å²) in [4.78, 5) is 11.0. The van der Waals surface area contributed by atoms with E-state index in [1.54, 1.807) is 0 Å². The Morgan fingerprint density at radius 3 is 2.50 bits per heavy atom. The first kappa shape index (κ1) is 13.2. The van der Waals surface area contributed by atoms with Crippen molar-refractivity contribution in [2.45, 2.75) is 20.3 Å². The van der Waals surface area contributed by atoms with E-state index in [1.165, 1.54) is 12.5 Å². The van der Waals surface area contributed by atoms with Crippen LogP contribution in [0.4, 0.5) is 0 Å². The zero-order valence-corrected chi connectivity index (χ0v) is 9.84. The lowest BCUT2D eigenvalue weighted by atomic mass is 10.1. The average Bonchev–Trinajstić information content (AvgIpc) is 2.11. The molecule has 0 aromatic rings. The van der Waals surface area contributed by atoms with Crippen molar-refractivity contribution in [1.82, 2.24) is 5.32 Å². The highest BCUT2D eigenvalue weighted by atomic mass is 16.1. The molecule has 0 spiro atoms. The number of nitrogens with one attached hydrogen (secondary N) is 1. The van der Waals surface area contributed by atoms with Crippen molar-refractivity contribution in [2.75, 3.05) is 27.3 Å². The molecule has 0 bridgehead atoms. The van der Waals surface area contributed by atoms with Crippen LogP contribution in [0, 0.1) is 5.92 Å². The molecule has 14 heavy (non-hydrogen) atoms. The van der Waals surface area contributed by atoms with Crippen LogP contribution >= 0.6 is 0 Å². The summed E-state index contributed by atoms with van der Waals surface area (Å²) in [7, 11) is 4.23. The summed E-state index contributed by atoms with van der Waals surface area (Å²) in [5.74, 6) is 0.614. The second-order valence-electron chi connectivity index (χ2n) is 4.75. The molecule has 0 aliphatic rings. The second-order valence-corrected chi connectivity index (χ2v) is 4.75. The Balaban J connectivity index is 3.82. The fourth-order valence-corrected chi connectivity index (χ4v) is 1.05. The lowest BCUT2D eigenvalue weighted by Gasteiger charge is -2.30. The Morgan fingerprint density at radius 1 is 1.50 bits per heavy atom. The monoisotopic (exact) mass is 199 g/mol. The van der Waals surface area contributed by atoms with Gasteiger partial charge in [-0.3, -0.25) is 4.79 Å². The summed E-state index contributed by atoms with van der Waals surface area (Å²) in [6.45, 7) is 9.58. The standard InChI is InChI=1S/C11H22N2O/c1-6-11(14)12-9-13(4,5)8-7-10(2)3/h6,10H,1,7-9H2,2-5H3/p+1. The molecular weight excluding hydrogens is 176 g/mol. The molecule has 0 saturated carbocycles. The van der Waals surface area contributed by atoms with Gasteiger partial charge in [-0.15, -0.1) is 0 Å². The Bertz CT molecular complexity index is 197. The molecule has 0 aromatic heterocycles. The summed E-state index contributed by atoms with van der Waals surface area (Å²) >= 11 is 0. The number of amides is 1. The van der Waals surface area contributed by atoms with Crippen LogP contribution in [0.25, 0.3) is 0 Å². The molecule has 3 nitrogen and oxygen atoms in total. The predicted octanol–water partition coefficient (Wildman–Crippen LogP) is 1.37. The molecule has 1 N–H and O–H groups in total. The van der Waals surface area contributed by atoms with E-state index >= 15 is 0 Å². The molecule has 0 atom stereocenters. The van der Waals surface area contributed by atoms with Crippen molar-refractivity contribution in [1.29, 1.82) is 0 Å². The van der Waals surface area contributed by atoms with E-state index in [4.69, 9.17) is 0 Å². The SMILES string of the molecule is C=CC(=O)NC[N+](C)(C)CCC(C)C.